The fourth-order valence-electron chi connectivity index (χ4n) is 2.63. The van der Waals surface area contributed by atoms with Gasteiger partial charge in [-0.05, 0) is 29.8 Å². The molecular formula is C18H13BrN2O. The molecule has 0 aliphatic heterocycles. The van der Waals surface area contributed by atoms with E-state index in [-0.39, 0.29) is 0 Å². The fraction of sp³-hybridized carbons (Fsp3) is 0.0556. The Morgan fingerprint density at radius 3 is 2.59 bits per heavy atom. The lowest BCUT2D eigenvalue weighted by molar-refractivity contribution is 0.577. The molecule has 0 amide bonds. The van der Waals surface area contributed by atoms with Gasteiger partial charge in [0.1, 0.15) is 5.69 Å². The molecule has 0 unspecified atom stereocenters. The maximum absolute atomic E-state index is 5.53. The number of rotatable bonds is 3. The molecule has 0 atom stereocenters. The van der Waals surface area contributed by atoms with E-state index in [9.17, 15) is 0 Å². The van der Waals surface area contributed by atoms with Gasteiger partial charge in [-0.3, -0.25) is 4.68 Å². The predicted molar refractivity (Wildman–Crippen MR) is 90.7 cm³/mol. The van der Waals surface area contributed by atoms with Crippen LogP contribution in [0.15, 0.2) is 75.8 Å². The van der Waals surface area contributed by atoms with Crippen LogP contribution in [-0.2, 0) is 6.54 Å². The first kappa shape index (κ1) is 13.3. The summed E-state index contributed by atoms with van der Waals surface area (Å²) in [6.45, 7) is 0.711. The van der Waals surface area contributed by atoms with Crippen LogP contribution in [-0.4, -0.2) is 9.78 Å². The lowest BCUT2D eigenvalue weighted by Crippen LogP contribution is -2.02. The molecule has 4 heteroatoms. The second-order valence-electron chi connectivity index (χ2n) is 5.09. The van der Waals surface area contributed by atoms with Gasteiger partial charge in [0.05, 0.1) is 18.3 Å². The molecule has 0 saturated carbocycles. The molecular weight excluding hydrogens is 340 g/mol. The normalized spacial score (nSPS) is 11.1. The molecule has 0 aliphatic carbocycles. The van der Waals surface area contributed by atoms with E-state index >= 15 is 0 Å². The number of nitrogens with zero attached hydrogens (tertiary/aromatic N) is 2. The van der Waals surface area contributed by atoms with Crippen molar-refractivity contribution in [3.63, 3.8) is 0 Å². The van der Waals surface area contributed by atoms with Crippen molar-refractivity contribution in [2.75, 3.05) is 0 Å². The van der Waals surface area contributed by atoms with E-state index in [0.717, 1.165) is 26.8 Å². The van der Waals surface area contributed by atoms with E-state index in [0.29, 0.717) is 6.54 Å². The van der Waals surface area contributed by atoms with Crippen LogP contribution >= 0.6 is 15.9 Å². The number of para-hydroxylation sites is 1. The number of hydrogen-bond donors (Lipinski definition) is 0. The molecule has 3 nitrogen and oxygen atoms in total. The molecule has 0 saturated heterocycles. The second-order valence-corrected chi connectivity index (χ2v) is 5.95. The summed E-state index contributed by atoms with van der Waals surface area (Å²) < 4.78 is 8.64. The van der Waals surface area contributed by atoms with Gasteiger partial charge >= 0.3 is 0 Å². The van der Waals surface area contributed by atoms with Gasteiger partial charge in [-0.1, -0.05) is 52.3 Å². The first-order chi connectivity index (χ1) is 10.8. The van der Waals surface area contributed by atoms with Crippen molar-refractivity contribution in [3.05, 3.63) is 77.0 Å². The molecule has 0 aliphatic rings. The number of hydrogen-bond acceptors (Lipinski definition) is 2. The minimum Gasteiger partial charge on any atom is -0.463 e. The fourth-order valence-corrected chi connectivity index (χ4v) is 3.04. The quantitative estimate of drug-likeness (QED) is 0.513. The van der Waals surface area contributed by atoms with Gasteiger partial charge in [0.25, 0.3) is 0 Å². The predicted octanol–water partition coefficient (Wildman–Crippen LogP) is 5.11. The van der Waals surface area contributed by atoms with E-state index in [2.05, 4.69) is 40.2 Å². The first-order valence-corrected chi connectivity index (χ1v) is 7.85. The maximum Gasteiger partial charge on any atom is 0.154 e. The monoisotopic (exact) mass is 352 g/mol. The van der Waals surface area contributed by atoms with E-state index in [4.69, 9.17) is 9.52 Å². The van der Waals surface area contributed by atoms with Crippen molar-refractivity contribution in [1.82, 2.24) is 9.78 Å². The topological polar surface area (TPSA) is 31.0 Å². The summed E-state index contributed by atoms with van der Waals surface area (Å²) in [4.78, 5) is 0. The second kappa shape index (κ2) is 5.46. The summed E-state index contributed by atoms with van der Waals surface area (Å²) in [5.74, 6) is 0.794. The molecule has 108 valence electrons. The highest BCUT2D eigenvalue weighted by Crippen LogP contribution is 2.29. The Hall–Kier alpha value is -2.33. The lowest BCUT2D eigenvalue weighted by atomic mass is 10.2. The third kappa shape index (κ3) is 2.25. The number of fused-ring (bicyclic) bond motifs is 1. The zero-order valence-electron chi connectivity index (χ0n) is 11.7. The summed E-state index contributed by atoms with van der Waals surface area (Å²) in [6, 6.07) is 20.3. The molecule has 2 aromatic heterocycles. The maximum atomic E-state index is 5.53. The molecule has 4 aromatic rings. The molecule has 0 N–H and O–H groups in total. The van der Waals surface area contributed by atoms with Crippen LogP contribution in [0.1, 0.15) is 5.56 Å². The van der Waals surface area contributed by atoms with Gasteiger partial charge in [0.2, 0.25) is 0 Å². The highest BCUT2D eigenvalue weighted by molar-refractivity contribution is 9.10. The van der Waals surface area contributed by atoms with Gasteiger partial charge < -0.3 is 4.42 Å². The third-order valence-corrected chi connectivity index (χ3v) is 4.46. The van der Waals surface area contributed by atoms with Gasteiger partial charge in [-0.2, -0.15) is 5.10 Å². The smallest absolute Gasteiger partial charge is 0.154 e. The van der Waals surface area contributed by atoms with Gasteiger partial charge in [0, 0.05) is 9.86 Å². The minimum atomic E-state index is 0.711. The lowest BCUT2D eigenvalue weighted by Gasteiger charge is -2.05. The van der Waals surface area contributed by atoms with Crippen LogP contribution in [0, 0.1) is 0 Å². The summed E-state index contributed by atoms with van der Waals surface area (Å²) in [5.41, 5.74) is 3.18. The molecule has 4 rings (SSSR count). The van der Waals surface area contributed by atoms with Crippen molar-refractivity contribution in [3.8, 4) is 11.5 Å². The average molecular weight is 353 g/mol. The Kier molecular flexibility index (Phi) is 3.31. The van der Waals surface area contributed by atoms with Gasteiger partial charge in [-0.15, -0.1) is 0 Å². The van der Waals surface area contributed by atoms with E-state index < -0.39 is 0 Å². The van der Waals surface area contributed by atoms with Crippen molar-refractivity contribution < 1.29 is 4.42 Å². The summed E-state index contributed by atoms with van der Waals surface area (Å²) in [5, 5.41) is 5.87. The van der Waals surface area contributed by atoms with Crippen molar-refractivity contribution >= 4 is 26.8 Å². The Bertz CT molecular complexity index is 925. The molecule has 22 heavy (non-hydrogen) atoms. The van der Waals surface area contributed by atoms with Crippen LogP contribution in [0.4, 0.5) is 0 Å². The zero-order chi connectivity index (χ0) is 14.9. The molecule has 2 heterocycles. The number of aromatic nitrogens is 2. The van der Waals surface area contributed by atoms with Crippen molar-refractivity contribution in [2.45, 2.75) is 6.54 Å². The van der Waals surface area contributed by atoms with Crippen LogP contribution in [0.2, 0.25) is 0 Å². The van der Waals surface area contributed by atoms with Crippen molar-refractivity contribution in [1.29, 1.82) is 0 Å². The summed E-state index contributed by atoms with van der Waals surface area (Å²) >= 11 is 3.60. The summed E-state index contributed by atoms with van der Waals surface area (Å²) in [7, 11) is 0. The molecule has 0 radical (unpaired) electrons. The highest BCUT2D eigenvalue weighted by Gasteiger charge is 2.14. The number of benzene rings is 2. The molecule has 2 aromatic carbocycles. The van der Waals surface area contributed by atoms with Crippen LogP contribution in [0.3, 0.4) is 0 Å². The standard InChI is InChI=1S/C18H13BrN2O/c19-15-8-3-1-6-13(15)12-21-16-9-4-2-7-14(16)18(20-21)17-10-5-11-22-17/h1-11H,12H2. The highest BCUT2D eigenvalue weighted by atomic mass is 79.9. The molecule has 0 spiro atoms. The van der Waals surface area contributed by atoms with Gasteiger partial charge in [-0.25, -0.2) is 0 Å². The SMILES string of the molecule is Brc1ccccc1Cn1nc(-c2ccco2)c2ccccc21. The first-order valence-electron chi connectivity index (χ1n) is 7.06. The Labute approximate surface area is 136 Å². The van der Waals surface area contributed by atoms with Crippen LogP contribution < -0.4 is 0 Å². The average Bonchev–Trinajstić information content (AvgIpc) is 3.18. The van der Waals surface area contributed by atoms with Gasteiger partial charge in [0.15, 0.2) is 5.76 Å². The van der Waals surface area contributed by atoms with E-state index in [1.807, 2.05) is 41.1 Å². The Morgan fingerprint density at radius 2 is 1.77 bits per heavy atom. The van der Waals surface area contributed by atoms with E-state index in [1.165, 1.54) is 5.56 Å². The zero-order valence-corrected chi connectivity index (χ0v) is 13.3. The van der Waals surface area contributed by atoms with Crippen LogP contribution in [0.25, 0.3) is 22.4 Å². The minimum absolute atomic E-state index is 0.711. The van der Waals surface area contributed by atoms with Crippen molar-refractivity contribution in [2.24, 2.45) is 0 Å². The number of furan rings is 1. The van der Waals surface area contributed by atoms with E-state index in [1.54, 1.807) is 6.26 Å². The molecule has 0 bridgehead atoms. The number of halogens is 1. The Morgan fingerprint density at radius 1 is 0.955 bits per heavy atom. The summed E-state index contributed by atoms with van der Waals surface area (Å²) in [6.07, 6.45) is 1.68. The van der Waals surface area contributed by atoms with Crippen LogP contribution in [0.5, 0.6) is 0 Å². The third-order valence-electron chi connectivity index (χ3n) is 3.69. The Balaban J connectivity index is 1.87. The largest absolute Gasteiger partial charge is 0.463 e. The molecule has 0 fully saturated rings.